The molecule has 0 saturated heterocycles. The zero-order valence-corrected chi connectivity index (χ0v) is 20.2. The summed E-state index contributed by atoms with van der Waals surface area (Å²) in [5, 5.41) is 12.9. The third kappa shape index (κ3) is 5.28. The molecular formula is C31H23F3N2O2. The topological polar surface area (TPSA) is 62.2 Å². The fourth-order valence-corrected chi connectivity index (χ4v) is 4.33. The number of aromatic nitrogens is 1. The highest BCUT2D eigenvalue weighted by Gasteiger charge is 2.34. The highest BCUT2D eigenvalue weighted by atomic mass is 19.4. The first-order valence-corrected chi connectivity index (χ1v) is 12.0. The van der Waals surface area contributed by atoms with Crippen molar-refractivity contribution in [2.24, 2.45) is 0 Å². The van der Waals surface area contributed by atoms with Crippen LogP contribution in [0.5, 0.6) is 0 Å². The molecule has 0 radical (unpaired) electrons. The lowest BCUT2D eigenvalue weighted by Crippen LogP contribution is -2.10. The van der Waals surface area contributed by atoms with Crippen LogP contribution < -0.4 is 5.32 Å². The molecule has 0 fully saturated rings. The Morgan fingerprint density at radius 3 is 2.24 bits per heavy atom. The lowest BCUT2D eigenvalue weighted by molar-refractivity contribution is -0.136. The Balaban J connectivity index is 1.58. The number of pyridine rings is 1. The second kappa shape index (κ2) is 10.5. The lowest BCUT2D eigenvalue weighted by atomic mass is 9.96. The molecule has 0 saturated carbocycles. The van der Waals surface area contributed by atoms with Crippen LogP contribution in [0.3, 0.4) is 0 Å². The molecular weight excluding hydrogens is 489 g/mol. The summed E-state index contributed by atoms with van der Waals surface area (Å²) in [5.74, 6) is -0.452. The molecule has 0 atom stereocenters. The second-order valence-corrected chi connectivity index (χ2v) is 8.86. The molecule has 0 spiro atoms. The van der Waals surface area contributed by atoms with Crippen LogP contribution in [0.2, 0.25) is 0 Å². The van der Waals surface area contributed by atoms with Crippen LogP contribution in [0, 0.1) is 0 Å². The van der Waals surface area contributed by atoms with Crippen LogP contribution in [0.15, 0.2) is 103 Å². The van der Waals surface area contributed by atoms with Crippen LogP contribution in [0.1, 0.15) is 32.7 Å². The number of nitrogens with one attached hydrogen (secondary N) is 1. The molecule has 38 heavy (non-hydrogen) atoms. The third-order valence-corrected chi connectivity index (χ3v) is 6.29. The summed E-state index contributed by atoms with van der Waals surface area (Å²) in [6.45, 7) is 0.489. The Morgan fingerprint density at radius 1 is 0.816 bits per heavy atom. The van der Waals surface area contributed by atoms with E-state index in [1.165, 1.54) is 6.07 Å². The van der Waals surface area contributed by atoms with Crippen molar-refractivity contribution in [2.45, 2.75) is 19.3 Å². The van der Waals surface area contributed by atoms with Crippen LogP contribution >= 0.6 is 0 Å². The molecule has 4 aromatic carbocycles. The third-order valence-electron chi connectivity index (χ3n) is 6.29. The van der Waals surface area contributed by atoms with Crippen LogP contribution in [0.25, 0.3) is 22.0 Å². The summed E-state index contributed by atoms with van der Waals surface area (Å²) < 4.78 is 41.8. The number of aliphatic hydroxyl groups is 1. The number of alkyl halides is 3. The fraction of sp³-hybridized carbons (Fsp3) is 0.0968. The van der Waals surface area contributed by atoms with Gasteiger partial charge >= 0.3 is 6.18 Å². The molecule has 2 N–H and O–H groups in total. The van der Waals surface area contributed by atoms with E-state index in [2.05, 4.69) is 10.3 Å². The molecule has 0 aliphatic heterocycles. The molecule has 190 valence electrons. The van der Waals surface area contributed by atoms with Gasteiger partial charge in [0.25, 0.3) is 0 Å². The molecule has 0 amide bonds. The molecule has 1 heterocycles. The zero-order chi connectivity index (χ0) is 26.7. The maximum atomic E-state index is 13.9. The zero-order valence-electron chi connectivity index (χ0n) is 20.2. The summed E-state index contributed by atoms with van der Waals surface area (Å²) in [4.78, 5) is 17.4. The minimum atomic E-state index is -4.63. The summed E-state index contributed by atoms with van der Waals surface area (Å²) in [7, 11) is 0. The first-order chi connectivity index (χ1) is 18.3. The molecule has 0 aliphatic rings. The van der Waals surface area contributed by atoms with Gasteiger partial charge < -0.3 is 10.4 Å². The molecule has 1 aromatic heterocycles. The number of fused-ring (bicyclic) bond motifs is 1. The van der Waals surface area contributed by atoms with Gasteiger partial charge in [-0.15, -0.1) is 0 Å². The van der Waals surface area contributed by atoms with Gasteiger partial charge in [-0.3, -0.25) is 4.79 Å². The van der Waals surface area contributed by atoms with Gasteiger partial charge in [0.05, 0.1) is 17.7 Å². The van der Waals surface area contributed by atoms with E-state index in [0.717, 1.165) is 22.9 Å². The Hall–Kier alpha value is -4.49. The van der Waals surface area contributed by atoms with E-state index in [1.807, 2.05) is 42.5 Å². The van der Waals surface area contributed by atoms with Gasteiger partial charge in [0.2, 0.25) is 5.78 Å². The number of para-hydroxylation sites is 1. The summed E-state index contributed by atoms with van der Waals surface area (Å²) in [6.07, 6.45) is -4.63. The molecule has 5 rings (SSSR count). The summed E-state index contributed by atoms with van der Waals surface area (Å²) in [6, 6.07) is 28.7. The van der Waals surface area contributed by atoms with Gasteiger partial charge in [-0.1, -0.05) is 78.9 Å². The van der Waals surface area contributed by atoms with Crippen LogP contribution in [-0.4, -0.2) is 15.9 Å². The normalized spacial score (nSPS) is 11.5. The minimum Gasteiger partial charge on any atom is -0.392 e. The van der Waals surface area contributed by atoms with E-state index in [0.29, 0.717) is 28.6 Å². The second-order valence-electron chi connectivity index (χ2n) is 8.86. The fourth-order valence-electron chi connectivity index (χ4n) is 4.33. The molecule has 0 bridgehead atoms. The highest BCUT2D eigenvalue weighted by molar-refractivity contribution is 6.10. The van der Waals surface area contributed by atoms with Gasteiger partial charge in [-0.25, -0.2) is 4.98 Å². The molecule has 0 aliphatic carbocycles. The number of carbonyl (C=O) groups is 1. The van der Waals surface area contributed by atoms with Crippen molar-refractivity contribution in [3.8, 4) is 11.1 Å². The number of hydrogen-bond donors (Lipinski definition) is 2. The molecule has 4 nitrogen and oxygen atoms in total. The number of carbonyl (C=O) groups excluding carboxylic acids is 1. The molecule has 7 heteroatoms. The van der Waals surface area contributed by atoms with E-state index >= 15 is 0 Å². The average molecular weight is 513 g/mol. The predicted molar refractivity (Wildman–Crippen MR) is 142 cm³/mol. The maximum Gasteiger partial charge on any atom is 0.418 e. The maximum absolute atomic E-state index is 13.9. The Kier molecular flexibility index (Phi) is 6.94. The Labute approximate surface area is 217 Å². The number of nitrogens with zero attached hydrogens (tertiary/aromatic N) is 1. The van der Waals surface area contributed by atoms with Crippen molar-refractivity contribution in [1.29, 1.82) is 0 Å². The number of hydrogen-bond acceptors (Lipinski definition) is 4. The number of anilines is 1. The van der Waals surface area contributed by atoms with E-state index in [1.54, 1.807) is 48.5 Å². The number of halogens is 3. The SMILES string of the molecule is O=C(c1ccccc1)c1cc(-c2cccc(NCc3ccc(CO)cc3)c2)c2cccc(C(F)(F)F)c2n1. The Morgan fingerprint density at radius 2 is 1.53 bits per heavy atom. The number of ketones is 1. The van der Waals surface area contributed by atoms with Crippen LogP contribution in [0.4, 0.5) is 18.9 Å². The van der Waals surface area contributed by atoms with Crippen LogP contribution in [-0.2, 0) is 19.3 Å². The average Bonchev–Trinajstić information content (AvgIpc) is 2.95. The highest BCUT2D eigenvalue weighted by Crippen LogP contribution is 2.38. The molecule has 0 unspecified atom stereocenters. The predicted octanol–water partition coefficient (Wildman–Crippen LogP) is 7.26. The van der Waals surface area contributed by atoms with E-state index in [9.17, 15) is 23.1 Å². The lowest BCUT2D eigenvalue weighted by Gasteiger charge is -2.15. The van der Waals surface area contributed by atoms with Crippen molar-refractivity contribution in [1.82, 2.24) is 4.98 Å². The smallest absolute Gasteiger partial charge is 0.392 e. The van der Waals surface area contributed by atoms with Gasteiger partial charge in [0.15, 0.2) is 0 Å². The monoisotopic (exact) mass is 512 g/mol. The minimum absolute atomic E-state index is 0.0273. The van der Waals surface area contributed by atoms with Crippen molar-refractivity contribution < 1.29 is 23.1 Å². The van der Waals surface area contributed by atoms with Gasteiger partial charge in [-0.05, 0) is 46.5 Å². The van der Waals surface area contributed by atoms with Crippen molar-refractivity contribution in [2.75, 3.05) is 5.32 Å². The molecule has 5 aromatic rings. The van der Waals surface area contributed by atoms with Gasteiger partial charge in [0, 0.05) is 23.2 Å². The largest absolute Gasteiger partial charge is 0.418 e. The quantitative estimate of drug-likeness (QED) is 0.225. The standard InChI is InChI=1S/C31H23F3N2O2/c32-31(33,34)27-11-5-10-25-26(17-28(36-29(25)27)30(38)22-6-2-1-3-7-22)23-8-4-9-24(16-23)35-18-20-12-14-21(19-37)15-13-20/h1-17,35,37H,18-19H2. The number of rotatable bonds is 7. The van der Waals surface area contributed by atoms with Gasteiger partial charge in [-0.2, -0.15) is 13.2 Å². The number of benzene rings is 4. The van der Waals surface area contributed by atoms with Gasteiger partial charge in [0.1, 0.15) is 5.69 Å². The first kappa shape index (κ1) is 25.2. The Bertz CT molecular complexity index is 1600. The summed E-state index contributed by atoms with van der Waals surface area (Å²) >= 11 is 0. The van der Waals surface area contributed by atoms with Crippen molar-refractivity contribution in [3.05, 3.63) is 131 Å². The first-order valence-electron chi connectivity index (χ1n) is 12.0. The van der Waals surface area contributed by atoms with E-state index < -0.39 is 17.5 Å². The van der Waals surface area contributed by atoms with E-state index in [-0.39, 0.29) is 17.8 Å². The number of aliphatic hydroxyl groups excluding tert-OH is 1. The van der Waals surface area contributed by atoms with E-state index in [4.69, 9.17) is 0 Å². The van der Waals surface area contributed by atoms with Crippen molar-refractivity contribution in [3.63, 3.8) is 0 Å². The van der Waals surface area contributed by atoms with Crippen molar-refractivity contribution >= 4 is 22.4 Å². The summed E-state index contributed by atoms with van der Waals surface area (Å²) in [5.41, 5.74) is 2.86.